The van der Waals surface area contributed by atoms with Crippen molar-refractivity contribution < 1.29 is 4.79 Å². The zero-order chi connectivity index (χ0) is 13.0. The molecule has 0 radical (unpaired) electrons. The second-order valence-electron chi connectivity index (χ2n) is 5.13. The summed E-state index contributed by atoms with van der Waals surface area (Å²) < 4.78 is 0. The summed E-state index contributed by atoms with van der Waals surface area (Å²) in [4.78, 5) is 18.3. The Hall–Kier alpha value is -0.940. The molecule has 0 aromatic carbocycles. The van der Waals surface area contributed by atoms with Gasteiger partial charge in [-0.25, -0.2) is 4.98 Å². The second kappa shape index (κ2) is 6.29. The van der Waals surface area contributed by atoms with E-state index < -0.39 is 0 Å². The molecular formula is C13H21N3OS. The third kappa shape index (κ3) is 3.29. The van der Waals surface area contributed by atoms with Crippen molar-refractivity contribution in [1.82, 2.24) is 9.88 Å². The Kier molecular flexibility index (Phi) is 4.72. The molecule has 100 valence electrons. The summed E-state index contributed by atoms with van der Waals surface area (Å²) >= 11 is 1.57. The van der Waals surface area contributed by atoms with Gasteiger partial charge in [0.2, 0.25) is 5.91 Å². The number of aromatic nitrogens is 1. The molecule has 1 fully saturated rings. The van der Waals surface area contributed by atoms with Gasteiger partial charge in [0.05, 0.1) is 17.7 Å². The van der Waals surface area contributed by atoms with E-state index in [2.05, 4.69) is 4.98 Å². The maximum absolute atomic E-state index is 12.3. The number of hydrogen-bond donors (Lipinski definition) is 1. The van der Waals surface area contributed by atoms with Crippen LogP contribution in [0.15, 0.2) is 10.9 Å². The van der Waals surface area contributed by atoms with Gasteiger partial charge in [0.25, 0.3) is 0 Å². The fraction of sp³-hybridized carbons (Fsp3) is 0.692. The van der Waals surface area contributed by atoms with Crippen LogP contribution in [-0.2, 0) is 11.3 Å². The molecule has 0 spiro atoms. The van der Waals surface area contributed by atoms with Gasteiger partial charge in [-0.1, -0.05) is 0 Å². The number of rotatable bonds is 4. The average molecular weight is 267 g/mol. The molecular weight excluding hydrogens is 246 g/mol. The van der Waals surface area contributed by atoms with Gasteiger partial charge in [0, 0.05) is 18.3 Å². The maximum atomic E-state index is 12.3. The first-order valence-corrected chi connectivity index (χ1v) is 7.47. The van der Waals surface area contributed by atoms with Crippen molar-refractivity contribution in [2.45, 2.75) is 32.2 Å². The van der Waals surface area contributed by atoms with E-state index in [4.69, 9.17) is 5.73 Å². The summed E-state index contributed by atoms with van der Waals surface area (Å²) in [5.41, 5.74) is 8.46. The number of nitrogens with zero attached hydrogens (tertiary/aromatic N) is 2. The topological polar surface area (TPSA) is 59.2 Å². The van der Waals surface area contributed by atoms with Gasteiger partial charge in [-0.05, 0) is 38.1 Å². The maximum Gasteiger partial charge on any atom is 0.225 e. The lowest BCUT2D eigenvalue weighted by Crippen LogP contribution is -2.35. The quantitative estimate of drug-likeness (QED) is 0.906. The summed E-state index contributed by atoms with van der Waals surface area (Å²) in [5, 5.41) is 2.00. The van der Waals surface area contributed by atoms with Gasteiger partial charge in [-0.2, -0.15) is 0 Å². The Balaban J connectivity index is 1.84. The van der Waals surface area contributed by atoms with E-state index in [1.54, 1.807) is 16.8 Å². The first-order valence-electron chi connectivity index (χ1n) is 6.52. The van der Waals surface area contributed by atoms with Crippen LogP contribution in [0, 0.1) is 11.8 Å². The highest BCUT2D eigenvalue weighted by Gasteiger charge is 2.27. The minimum absolute atomic E-state index is 0.191. The van der Waals surface area contributed by atoms with Gasteiger partial charge in [0.15, 0.2) is 0 Å². The van der Waals surface area contributed by atoms with Crippen LogP contribution >= 0.6 is 11.3 Å². The van der Waals surface area contributed by atoms with Gasteiger partial charge < -0.3 is 10.6 Å². The Morgan fingerprint density at radius 1 is 1.50 bits per heavy atom. The smallest absolute Gasteiger partial charge is 0.225 e. The highest BCUT2D eigenvalue weighted by molar-refractivity contribution is 7.07. The molecule has 0 saturated heterocycles. The molecule has 18 heavy (non-hydrogen) atoms. The fourth-order valence-corrected chi connectivity index (χ4v) is 3.14. The van der Waals surface area contributed by atoms with Crippen molar-refractivity contribution in [1.29, 1.82) is 0 Å². The molecule has 1 saturated carbocycles. The van der Waals surface area contributed by atoms with Crippen LogP contribution in [0.5, 0.6) is 0 Å². The van der Waals surface area contributed by atoms with Gasteiger partial charge in [-0.15, -0.1) is 11.3 Å². The Morgan fingerprint density at radius 2 is 2.22 bits per heavy atom. The Bertz CT molecular complexity index is 372. The minimum atomic E-state index is 0.191. The second-order valence-corrected chi connectivity index (χ2v) is 5.85. The van der Waals surface area contributed by atoms with Crippen molar-refractivity contribution in [3.05, 3.63) is 16.6 Å². The normalized spacial score (nSPS) is 23.9. The van der Waals surface area contributed by atoms with E-state index in [-0.39, 0.29) is 11.8 Å². The number of amides is 1. The molecule has 2 rings (SSSR count). The van der Waals surface area contributed by atoms with E-state index in [9.17, 15) is 4.79 Å². The van der Waals surface area contributed by atoms with Crippen molar-refractivity contribution in [2.24, 2.45) is 17.6 Å². The molecule has 1 aromatic heterocycles. The Labute approximate surface area is 112 Å². The molecule has 0 atom stereocenters. The largest absolute Gasteiger partial charge is 0.340 e. The van der Waals surface area contributed by atoms with Crippen LogP contribution in [0.25, 0.3) is 0 Å². The average Bonchev–Trinajstić information content (AvgIpc) is 2.91. The SMILES string of the molecule is CN(Cc1cscn1)C(=O)C1CCC(CN)CC1. The van der Waals surface area contributed by atoms with Gasteiger partial charge in [-0.3, -0.25) is 4.79 Å². The lowest BCUT2D eigenvalue weighted by atomic mass is 9.81. The van der Waals surface area contributed by atoms with Crippen molar-refractivity contribution in [2.75, 3.05) is 13.6 Å². The third-order valence-electron chi connectivity index (χ3n) is 3.79. The van der Waals surface area contributed by atoms with E-state index in [0.29, 0.717) is 12.5 Å². The summed E-state index contributed by atoms with van der Waals surface area (Å²) in [5.74, 6) is 1.08. The molecule has 2 N–H and O–H groups in total. The van der Waals surface area contributed by atoms with Crippen molar-refractivity contribution >= 4 is 17.2 Å². The molecule has 1 amide bonds. The van der Waals surface area contributed by atoms with E-state index in [1.165, 1.54) is 0 Å². The summed E-state index contributed by atoms with van der Waals surface area (Å²) in [6.07, 6.45) is 4.17. The predicted octanol–water partition coefficient (Wildman–Crippen LogP) is 1.87. The summed E-state index contributed by atoms with van der Waals surface area (Å²) in [6, 6.07) is 0. The minimum Gasteiger partial charge on any atom is -0.340 e. The van der Waals surface area contributed by atoms with Crippen LogP contribution in [0.2, 0.25) is 0 Å². The lowest BCUT2D eigenvalue weighted by Gasteiger charge is -2.29. The number of carbonyl (C=O) groups is 1. The van der Waals surface area contributed by atoms with Gasteiger partial charge in [0.1, 0.15) is 0 Å². The monoisotopic (exact) mass is 267 g/mol. The number of nitrogens with two attached hydrogens (primary N) is 1. The molecule has 1 aliphatic rings. The molecule has 4 nitrogen and oxygen atoms in total. The predicted molar refractivity (Wildman–Crippen MR) is 73.1 cm³/mol. The lowest BCUT2D eigenvalue weighted by molar-refractivity contribution is -0.136. The van der Waals surface area contributed by atoms with Crippen molar-refractivity contribution in [3.8, 4) is 0 Å². The zero-order valence-corrected chi connectivity index (χ0v) is 11.7. The number of thiazole rings is 1. The van der Waals surface area contributed by atoms with E-state index >= 15 is 0 Å². The van der Waals surface area contributed by atoms with Crippen LogP contribution in [0.1, 0.15) is 31.4 Å². The molecule has 0 unspecified atom stereocenters. The molecule has 0 aliphatic heterocycles. The molecule has 1 heterocycles. The van der Waals surface area contributed by atoms with Crippen LogP contribution in [0.4, 0.5) is 0 Å². The first-order chi connectivity index (χ1) is 8.70. The molecule has 1 aromatic rings. The van der Waals surface area contributed by atoms with E-state index in [0.717, 1.165) is 37.9 Å². The third-order valence-corrected chi connectivity index (χ3v) is 4.42. The van der Waals surface area contributed by atoms with Crippen LogP contribution in [-0.4, -0.2) is 29.4 Å². The van der Waals surface area contributed by atoms with E-state index in [1.807, 2.05) is 17.3 Å². The first kappa shape index (κ1) is 13.5. The van der Waals surface area contributed by atoms with Crippen LogP contribution < -0.4 is 5.73 Å². The Morgan fingerprint density at radius 3 is 2.78 bits per heavy atom. The van der Waals surface area contributed by atoms with Crippen molar-refractivity contribution in [3.63, 3.8) is 0 Å². The van der Waals surface area contributed by atoms with Gasteiger partial charge >= 0.3 is 0 Å². The summed E-state index contributed by atoms with van der Waals surface area (Å²) in [6.45, 7) is 1.38. The number of hydrogen-bond acceptors (Lipinski definition) is 4. The van der Waals surface area contributed by atoms with Crippen LogP contribution in [0.3, 0.4) is 0 Å². The summed E-state index contributed by atoms with van der Waals surface area (Å²) in [7, 11) is 1.87. The highest BCUT2D eigenvalue weighted by atomic mass is 32.1. The fourth-order valence-electron chi connectivity index (χ4n) is 2.59. The standard InChI is InChI=1S/C13H21N3OS/c1-16(7-12-8-18-9-15-12)13(17)11-4-2-10(6-14)3-5-11/h8-11H,2-7,14H2,1H3. The molecule has 1 aliphatic carbocycles. The highest BCUT2D eigenvalue weighted by Crippen LogP contribution is 2.29. The zero-order valence-electron chi connectivity index (χ0n) is 10.8. The molecule has 0 bridgehead atoms. The molecule has 5 heteroatoms. The number of carbonyl (C=O) groups excluding carboxylic acids is 1.